The van der Waals surface area contributed by atoms with Gasteiger partial charge in [-0.15, -0.1) is 0 Å². The molecule has 3 unspecified atom stereocenters. The number of hydrogen-bond acceptors (Lipinski definition) is 3. The highest BCUT2D eigenvalue weighted by Crippen LogP contribution is 2.47. The Morgan fingerprint density at radius 3 is 2.62 bits per heavy atom. The van der Waals surface area contributed by atoms with E-state index in [1.54, 1.807) is 0 Å². The Bertz CT molecular complexity index is 402. The molecular formula is C13H16O3. The summed E-state index contributed by atoms with van der Waals surface area (Å²) in [5.74, 6) is 2.60. The van der Waals surface area contributed by atoms with Gasteiger partial charge in [-0.25, -0.2) is 0 Å². The first-order valence-electron chi connectivity index (χ1n) is 5.83. The summed E-state index contributed by atoms with van der Waals surface area (Å²) in [7, 11) is 0. The third-order valence-electron chi connectivity index (χ3n) is 3.49. The van der Waals surface area contributed by atoms with Crippen molar-refractivity contribution in [3.8, 4) is 11.5 Å². The number of fused-ring (bicyclic) bond motifs is 1. The van der Waals surface area contributed by atoms with Crippen LogP contribution in [0.1, 0.15) is 25.0 Å². The topological polar surface area (TPSA) is 38.7 Å². The zero-order valence-electron chi connectivity index (χ0n) is 9.35. The minimum absolute atomic E-state index is 0.356. The maximum absolute atomic E-state index is 10.1. The van der Waals surface area contributed by atoms with Gasteiger partial charge in [0.1, 0.15) is 13.2 Å². The predicted octanol–water partition coefficient (Wildman–Crippen LogP) is 2.15. The van der Waals surface area contributed by atoms with Gasteiger partial charge in [-0.2, -0.15) is 0 Å². The second-order valence-corrected chi connectivity index (χ2v) is 4.72. The minimum atomic E-state index is -0.356. The van der Waals surface area contributed by atoms with E-state index in [0.717, 1.165) is 23.5 Å². The van der Waals surface area contributed by atoms with Crippen LogP contribution >= 0.6 is 0 Å². The summed E-state index contributed by atoms with van der Waals surface area (Å²) in [6.45, 7) is 3.37. The first kappa shape index (κ1) is 9.97. The maximum atomic E-state index is 10.1. The molecule has 1 aromatic rings. The summed E-state index contributed by atoms with van der Waals surface area (Å²) in [4.78, 5) is 0. The van der Waals surface area contributed by atoms with Crippen molar-refractivity contribution in [2.45, 2.75) is 19.4 Å². The Balaban J connectivity index is 1.85. The first-order chi connectivity index (χ1) is 7.75. The van der Waals surface area contributed by atoms with Crippen molar-refractivity contribution in [2.24, 2.45) is 11.8 Å². The van der Waals surface area contributed by atoms with E-state index in [4.69, 9.17) is 9.47 Å². The summed E-state index contributed by atoms with van der Waals surface area (Å²) >= 11 is 0. The molecule has 1 fully saturated rings. The maximum Gasteiger partial charge on any atom is 0.161 e. The summed E-state index contributed by atoms with van der Waals surface area (Å²) in [5.41, 5.74) is 0.943. The Morgan fingerprint density at radius 1 is 1.25 bits per heavy atom. The van der Waals surface area contributed by atoms with Crippen molar-refractivity contribution in [1.82, 2.24) is 0 Å². The largest absolute Gasteiger partial charge is 0.486 e. The number of benzene rings is 1. The van der Waals surface area contributed by atoms with Gasteiger partial charge in [0, 0.05) is 0 Å². The average Bonchev–Trinajstić information content (AvgIpc) is 3.05. The third-order valence-corrected chi connectivity index (χ3v) is 3.49. The van der Waals surface area contributed by atoms with E-state index in [9.17, 15) is 5.11 Å². The van der Waals surface area contributed by atoms with Crippen LogP contribution in [-0.4, -0.2) is 18.3 Å². The Hall–Kier alpha value is -1.22. The van der Waals surface area contributed by atoms with Gasteiger partial charge in [-0.1, -0.05) is 13.0 Å². The van der Waals surface area contributed by atoms with Crippen molar-refractivity contribution in [3.63, 3.8) is 0 Å². The zero-order valence-corrected chi connectivity index (χ0v) is 9.35. The quantitative estimate of drug-likeness (QED) is 0.830. The van der Waals surface area contributed by atoms with Gasteiger partial charge in [-0.3, -0.25) is 0 Å². The molecule has 1 N–H and O–H groups in total. The molecule has 3 atom stereocenters. The summed E-state index contributed by atoms with van der Waals surface area (Å²) in [5, 5.41) is 10.1. The van der Waals surface area contributed by atoms with Crippen molar-refractivity contribution in [1.29, 1.82) is 0 Å². The third kappa shape index (κ3) is 1.65. The molecule has 86 valence electrons. The van der Waals surface area contributed by atoms with E-state index in [-0.39, 0.29) is 6.10 Å². The molecule has 1 aromatic carbocycles. The lowest BCUT2D eigenvalue weighted by molar-refractivity contribution is 0.144. The number of ether oxygens (including phenoxy) is 2. The second-order valence-electron chi connectivity index (χ2n) is 4.72. The molecule has 1 heterocycles. The molecule has 3 heteroatoms. The number of aliphatic hydroxyl groups excluding tert-OH is 1. The molecular weight excluding hydrogens is 204 g/mol. The first-order valence-corrected chi connectivity index (χ1v) is 5.83. The smallest absolute Gasteiger partial charge is 0.161 e. The van der Waals surface area contributed by atoms with E-state index in [2.05, 4.69) is 6.92 Å². The monoisotopic (exact) mass is 220 g/mol. The summed E-state index contributed by atoms with van der Waals surface area (Å²) < 4.78 is 11.0. The molecule has 0 saturated heterocycles. The van der Waals surface area contributed by atoms with Crippen LogP contribution in [0, 0.1) is 11.8 Å². The molecule has 16 heavy (non-hydrogen) atoms. The molecule has 1 aliphatic heterocycles. The standard InChI is InChI=1S/C13H16O3/c1-8-6-10(8)13(14)9-2-3-11-12(7-9)16-5-4-15-11/h2-3,7-8,10,13-14H,4-6H2,1H3. The van der Waals surface area contributed by atoms with Gasteiger partial charge in [-0.05, 0) is 36.0 Å². The molecule has 3 rings (SSSR count). The van der Waals surface area contributed by atoms with E-state index in [1.165, 1.54) is 0 Å². The fourth-order valence-electron chi connectivity index (χ4n) is 2.28. The highest BCUT2D eigenvalue weighted by molar-refractivity contribution is 5.44. The van der Waals surface area contributed by atoms with Gasteiger partial charge >= 0.3 is 0 Å². The van der Waals surface area contributed by atoms with E-state index < -0.39 is 0 Å². The average molecular weight is 220 g/mol. The summed E-state index contributed by atoms with van der Waals surface area (Å²) in [6, 6.07) is 5.73. The summed E-state index contributed by atoms with van der Waals surface area (Å²) in [6.07, 6.45) is 0.765. The van der Waals surface area contributed by atoms with E-state index in [0.29, 0.717) is 25.0 Å². The van der Waals surface area contributed by atoms with Gasteiger partial charge < -0.3 is 14.6 Å². The van der Waals surface area contributed by atoms with Crippen LogP contribution in [0.5, 0.6) is 11.5 Å². The lowest BCUT2D eigenvalue weighted by Crippen LogP contribution is -2.15. The molecule has 3 nitrogen and oxygen atoms in total. The van der Waals surface area contributed by atoms with Crippen molar-refractivity contribution in [2.75, 3.05) is 13.2 Å². The predicted molar refractivity (Wildman–Crippen MR) is 59.7 cm³/mol. The molecule has 0 spiro atoms. The van der Waals surface area contributed by atoms with Crippen LogP contribution < -0.4 is 9.47 Å². The lowest BCUT2D eigenvalue weighted by atomic mass is 10.0. The van der Waals surface area contributed by atoms with Crippen molar-refractivity contribution < 1.29 is 14.6 Å². The molecule has 0 aromatic heterocycles. The number of hydrogen-bond donors (Lipinski definition) is 1. The fourth-order valence-corrected chi connectivity index (χ4v) is 2.28. The normalized spacial score (nSPS) is 28.6. The zero-order chi connectivity index (χ0) is 11.1. The SMILES string of the molecule is CC1CC1C(O)c1ccc2c(c1)OCCO2. The van der Waals surface area contributed by atoms with Gasteiger partial charge in [0.25, 0.3) is 0 Å². The molecule has 1 saturated carbocycles. The highest BCUT2D eigenvalue weighted by atomic mass is 16.6. The van der Waals surface area contributed by atoms with Crippen LogP contribution in [0.25, 0.3) is 0 Å². The Morgan fingerprint density at radius 2 is 1.94 bits per heavy atom. The van der Waals surface area contributed by atoms with E-state index >= 15 is 0 Å². The van der Waals surface area contributed by atoms with Gasteiger partial charge in [0.05, 0.1) is 6.10 Å². The van der Waals surface area contributed by atoms with Crippen molar-refractivity contribution >= 4 is 0 Å². The highest BCUT2D eigenvalue weighted by Gasteiger charge is 2.39. The minimum Gasteiger partial charge on any atom is -0.486 e. The van der Waals surface area contributed by atoms with Crippen LogP contribution in [0.2, 0.25) is 0 Å². The van der Waals surface area contributed by atoms with Gasteiger partial charge in [0.2, 0.25) is 0 Å². The number of rotatable bonds is 2. The molecule has 0 bridgehead atoms. The van der Waals surface area contributed by atoms with Crippen LogP contribution in [0.4, 0.5) is 0 Å². The number of aliphatic hydroxyl groups is 1. The van der Waals surface area contributed by atoms with Crippen LogP contribution in [-0.2, 0) is 0 Å². The van der Waals surface area contributed by atoms with Crippen LogP contribution in [0.15, 0.2) is 18.2 Å². The second kappa shape index (κ2) is 3.67. The van der Waals surface area contributed by atoms with Crippen LogP contribution in [0.3, 0.4) is 0 Å². The fraction of sp³-hybridized carbons (Fsp3) is 0.538. The van der Waals surface area contributed by atoms with Gasteiger partial charge in [0.15, 0.2) is 11.5 Å². The molecule has 0 amide bonds. The Kier molecular flexibility index (Phi) is 2.28. The molecule has 0 radical (unpaired) electrons. The lowest BCUT2D eigenvalue weighted by Gasteiger charge is -2.20. The van der Waals surface area contributed by atoms with Crippen molar-refractivity contribution in [3.05, 3.63) is 23.8 Å². The van der Waals surface area contributed by atoms with E-state index in [1.807, 2.05) is 18.2 Å². The molecule has 1 aliphatic carbocycles. The molecule has 2 aliphatic rings. The Labute approximate surface area is 95.0 Å².